The molecule has 0 bridgehead atoms. The summed E-state index contributed by atoms with van der Waals surface area (Å²) < 4.78 is 0. The zero-order valence-corrected chi connectivity index (χ0v) is 14.4. The maximum Gasteiger partial charge on any atom is 0.0328 e. The fraction of sp³-hybridized carbons (Fsp3) is 1.00. The van der Waals surface area contributed by atoms with Crippen molar-refractivity contribution in [2.45, 2.75) is 71.8 Å². The predicted molar refractivity (Wildman–Crippen MR) is 87.7 cm³/mol. The van der Waals surface area contributed by atoms with Gasteiger partial charge in [-0.15, -0.1) is 0 Å². The van der Waals surface area contributed by atoms with Gasteiger partial charge in [-0.2, -0.15) is 0 Å². The van der Waals surface area contributed by atoms with Crippen LogP contribution in [0.4, 0.5) is 0 Å². The summed E-state index contributed by atoms with van der Waals surface area (Å²) in [6.45, 7) is 11.7. The smallest absolute Gasteiger partial charge is 0.0328 e. The molecule has 0 aliphatic heterocycles. The molecule has 2 heteroatoms. The Hall–Kier alpha value is -0.0800. The van der Waals surface area contributed by atoms with E-state index in [0.717, 1.165) is 24.3 Å². The second kappa shape index (κ2) is 5.96. The van der Waals surface area contributed by atoms with Crippen LogP contribution in [-0.2, 0) is 0 Å². The second-order valence-corrected chi connectivity index (χ2v) is 8.78. The van der Waals surface area contributed by atoms with E-state index in [9.17, 15) is 0 Å². The Balaban J connectivity index is 1.99. The molecule has 2 aliphatic carbocycles. The number of hydrogen-bond acceptors (Lipinski definition) is 2. The Bertz CT molecular complexity index is 320. The normalized spacial score (nSPS) is 38.9. The lowest BCUT2D eigenvalue weighted by atomic mass is 9.76. The Morgan fingerprint density at radius 3 is 2.35 bits per heavy atom. The summed E-state index contributed by atoms with van der Waals surface area (Å²) >= 11 is 0. The van der Waals surface area contributed by atoms with Crippen molar-refractivity contribution in [3.63, 3.8) is 0 Å². The van der Waals surface area contributed by atoms with Crippen LogP contribution in [0.25, 0.3) is 0 Å². The fourth-order valence-corrected chi connectivity index (χ4v) is 4.20. The molecule has 0 aromatic heterocycles. The van der Waals surface area contributed by atoms with Crippen molar-refractivity contribution < 1.29 is 0 Å². The van der Waals surface area contributed by atoms with E-state index in [-0.39, 0.29) is 5.54 Å². The first-order chi connectivity index (χ1) is 9.28. The summed E-state index contributed by atoms with van der Waals surface area (Å²) in [4.78, 5) is 2.63. The van der Waals surface area contributed by atoms with Crippen molar-refractivity contribution in [2.24, 2.45) is 28.9 Å². The molecule has 2 rings (SSSR count). The quantitative estimate of drug-likeness (QED) is 0.791. The van der Waals surface area contributed by atoms with Gasteiger partial charge in [-0.1, -0.05) is 34.1 Å². The van der Waals surface area contributed by atoms with E-state index in [2.05, 4.69) is 39.6 Å². The third kappa shape index (κ3) is 3.57. The van der Waals surface area contributed by atoms with E-state index in [4.69, 9.17) is 5.73 Å². The van der Waals surface area contributed by atoms with Crippen LogP contribution in [0.3, 0.4) is 0 Å². The minimum atomic E-state index is 0.280. The van der Waals surface area contributed by atoms with E-state index in [1.54, 1.807) is 0 Å². The minimum Gasteiger partial charge on any atom is -0.329 e. The third-order valence-electron chi connectivity index (χ3n) is 6.35. The zero-order valence-electron chi connectivity index (χ0n) is 14.4. The first-order valence-corrected chi connectivity index (χ1v) is 8.70. The SMILES string of the molecule is CC1CC1CN(C)C1(CN)CCCC(C(C)(C)C)CC1. The van der Waals surface area contributed by atoms with Crippen LogP contribution in [0.1, 0.15) is 66.2 Å². The molecular weight excluding hydrogens is 244 g/mol. The van der Waals surface area contributed by atoms with Gasteiger partial charge in [0.1, 0.15) is 0 Å². The van der Waals surface area contributed by atoms with E-state index in [0.29, 0.717) is 5.41 Å². The van der Waals surface area contributed by atoms with E-state index < -0.39 is 0 Å². The molecule has 2 N–H and O–H groups in total. The average molecular weight is 280 g/mol. The highest BCUT2D eigenvalue weighted by Crippen LogP contribution is 2.43. The molecule has 0 amide bonds. The van der Waals surface area contributed by atoms with E-state index in [1.807, 2.05) is 0 Å². The topological polar surface area (TPSA) is 29.3 Å². The standard InChI is InChI=1S/C18H36N2/c1-14-11-15(14)12-20(5)18(13-19)9-6-7-16(8-10-18)17(2,3)4/h14-16H,6-13,19H2,1-5H3. The third-order valence-corrected chi connectivity index (χ3v) is 6.35. The van der Waals surface area contributed by atoms with E-state index in [1.165, 1.54) is 45.1 Å². The second-order valence-electron chi connectivity index (χ2n) is 8.78. The van der Waals surface area contributed by atoms with Gasteiger partial charge in [0, 0.05) is 18.6 Å². The summed E-state index contributed by atoms with van der Waals surface area (Å²) in [5, 5.41) is 0. The highest BCUT2D eigenvalue weighted by Gasteiger charge is 2.41. The summed E-state index contributed by atoms with van der Waals surface area (Å²) in [5.41, 5.74) is 6.98. The highest BCUT2D eigenvalue weighted by atomic mass is 15.2. The molecule has 2 aliphatic rings. The molecule has 4 atom stereocenters. The first-order valence-electron chi connectivity index (χ1n) is 8.70. The molecule has 0 spiro atoms. The molecule has 0 radical (unpaired) electrons. The van der Waals surface area contributed by atoms with E-state index >= 15 is 0 Å². The summed E-state index contributed by atoms with van der Waals surface area (Å²) in [6, 6.07) is 0. The predicted octanol–water partition coefficient (Wildman–Crippen LogP) is 3.90. The van der Waals surface area contributed by atoms with Crippen LogP contribution in [0.5, 0.6) is 0 Å². The van der Waals surface area contributed by atoms with Crippen LogP contribution < -0.4 is 5.73 Å². The summed E-state index contributed by atoms with van der Waals surface area (Å²) in [6.07, 6.45) is 8.11. The van der Waals surface area contributed by atoms with Gasteiger partial charge >= 0.3 is 0 Å². The maximum atomic E-state index is 6.25. The van der Waals surface area contributed by atoms with Gasteiger partial charge in [0.05, 0.1) is 0 Å². The number of rotatable bonds is 4. The molecule has 0 heterocycles. The number of hydrogen-bond donors (Lipinski definition) is 1. The molecular formula is C18H36N2. The van der Waals surface area contributed by atoms with Crippen LogP contribution in [0.15, 0.2) is 0 Å². The van der Waals surface area contributed by atoms with Gasteiger partial charge < -0.3 is 5.73 Å². The lowest BCUT2D eigenvalue weighted by Crippen LogP contribution is -2.52. The Kier molecular flexibility index (Phi) is 4.86. The van der Waals surface area contributed by atoms with Crippen molar-refractivity contribution >= 4 is 0 Å². The molecule has 0 aromatic rings. The van der Waals surface area contributed by atoms with Gasteiger partial charge in [-0.05, 0) is 62.3 Å². The summed E-state index contributed by atoms with van der Waals surface area (Å²) in [7, 11) is 2.33. The van der Waals surface area contributed by atoms with Crippen molar-refractivity contribution in [1.29, 1.82) is 0 Å². The minimum absolute atomic E-state index is 0.280. The molecule has 0 aromatic carbocycles. The lowest BCUT2D eigenvalue weighted by Gasteiger charge is -2.41. The first kappa shape index (κ1) is 16.3. The van der Waals surface area contributed by atoms with Crippen molar-refractivity contribution in [1.82, 2.24) is 4.90 Å². The van der Waals surface area contributed by atoms with Gasteiger partial charge in [-0.25, -0.2) is 0 Å². The van der Waals surface area contributed by atoms with Crippen LogP contribution in [0, 0.1) is 23.2 Å². The van der Waals surface area contributed by atoms with Crippen LogP contribution >= 0.6 is 0 Å². The van der Waals surface area contributed by atoms with Crippen LogP contribution in [-0.4, -0.2) is 30.6 Å². The monoisotopic (exact) mass is 280 g/mol. The molecule has 20 heavy (non-hydrogen) atoms. The Labute approximate surface area is 126 Å². The molecule has 118 valence electrons. The highest BCUT2D eigenvalue weighted by molar-refractivity contribution is 4.97. The number of nitrogens with zero attached hydrogens (tertiary/aromatic N) is 1. The number of likely N-dealkylation sites (N-methyl/N-ethyl adjacent to an activating group) is 1. The molecule has 2 nitrogen and oxygen atoms in total. The zero-order chi connectivity index (χ0) is 15.0. The van der Waals surface area contributed by atoms with Crippen LogP contribution in [0.2, 0.25) is 0 Å². The Morgan fingerprint density at radius 2 is 1.85 bits per heavy atom. The summed E-state index contributed by atoms with van der Waals surface area (Å²) in [5.74, 6) is 2.75. The van der Waals surface area contributed by atoms with Crippen molar-refractivity contribution in [3.05, 3.63) is 0 Å². The Morgan fingerprint density at radius 1 is 1.20 bits per heavy atom. The molecule has 2 fully saturated rings. The molecule has 0 saturated heterocycles. The average Bonchev–Trinajstić information content (AvgIpc) is 3.09. The molecule has 2 saturated carbocycles. The fourth-order valence-electron chi connectivity index (χ4n) is 4.20. The lowest BCUT2D eigenvalue weighted by molar-refractivity contribution is 0.0960. The van der Waals surface area contributed by atoms with Gasteiger partial charge in [0.15, 0.2) is 0 Å². The maximum absolute atomic E-state index is 6.25. The van der Waals surface area contributed by atoms with Gasteiger partial charge in [0.2, 0.25) is 0 Å². The van der Waals surface area contributed by atoms with Gasteiger partial charge in [-0.3, -0.25) is 4.90 Å². The van der Waals surface area contributed by atoms with Crippen molar-refractivity contribution in [3.8, 4) is 0 Å². The van der Waals surface area contributed by atoms with Crippen molar-refractivity contribution in [2.75, 3.05) is 20.1 Å². The number of nitrogens with two attached hydrogens (primary N) is 1. The largest absolute Gasteiger partial charge is 0.329 e. The molecule has 4 unspecified atom stereocenters. The van der Waals surface area contributed by atoms with Gasteiger partial charge in [0.25, 0.3) is 0 Å².